The van der Waals surface area contributed by atoms with Crippen LogP contribution in [0.4, 0.5) is 6.01 Å². The number of anilines is 1. The van der Waals surface area contributed by atoms with Gasteiger partial charge in [-0.3, -0.25) is 0 Å². The Kier molecular flexibility index (Phi) is 3.01. The van der Waals surface area contributed by atoms with E-state index in [9.17, 15) is 0 Å². The zero-order valence-corrected chi connectivity index (χ0v) is 10.3. The molecule has 3 unspecified atom stereocenters. The molecule has 0 aromatic carbocycles. The number of fused-ring (bicyclic) bond motifs is 2. The average molecular weight is 236 g/mol. The van der Waals surface area contributed by atoms with Crippen molar-refractivity contribution in [3.63, 3.8) is 0 Å². The van der Waals surface area contributed by atoms with Crippen LogP contribution in [-0.2, 0) is 6.54 Å². The van der Waals surface area contributed by atoms with E-state index in [1.54, 1.807) is 0 Å². The third-order valence-electron chi connectivity index (χ3n) is 4.19. The third kappa shape index (κ3) is 2.29. The number of aromatic nitrogens is 2. The highest BCUT2D eigenvalue weighted by Gasteiger charge is 2.39. The first-order chi connectivity index (χ1) is 8.35. The lowest BCUT2D eigenvalue weighted by Gasteiger charge is -2.21. The van der Waals surface area contributed by atoms with Crippen LogP contribution < -0.4 is 10.6 Å². The van der Waals surface area contributed by atoms with Crippen LogP contribution in [0.3, 0.4) is 0 Å². The Balaban J connectivity index is 1.50. The molecule has 1 aromatic heterocycles. The molecule has 2 N–H and O–H groups in total. The molecule has 0 saturated heterocycles. The third-order valence-corrected chi connectivity index (χ3v) is 4.19. The van der Waals surface area contributed by atoms with Crippen LogP contribution in [0.2, 0.25) is 0 Å². The lowest BCUT2D eigenvalue weighted by molar-refractivity contribution is 0.345. The molecule has 5 heteroatoms. The molecule has 0 spiro atoms. The van der Waals surface area contributed by atoms with Gasteiger partial charge in [-0.2, -0.15) is 0 Å². The minimum Gasteiger partial charge on any atom is -0.407 e. The van der Waals surface area contributed by atoms with E-state index in [1.807, 2.05) is 7.05 Å². The standard InChI is InChI=1S/C12H20N4O/c1-13-7-11-15-16-12(17-11)14-6-10-5-8-2-3-9(10)4-8/h8-10,13H,2-7H2,1H3,(H,14,16). The maximum Gasteiger partial charge on any atom is 0.315 e. The Hall–Kier alpha value is -1.10. The van der Waals surface area contributed by atoms with Gasteiger partial charge in [0.1, 0.15) is 0 Å². The lowest BCUT2D eigenvalue weighted by atomic mass is 9.89. The van der Waals surface area contributed by atoms with E-state index in [-0.39, 0.29) is 0 Å². The van der Waals surface area contributed by atoms with Gasteiger partial charge in [0.25, 0.3) is 0 Å². The molecule has 1 heterocycles. The number of nitrogens with zero attached hydrogens (tertiary/aromatic N) is 2. The second-order valence-corrected chi connectivity index (χ2v) is 5.35. The van der Waals surface area contributed by atoms with Gasteiger partial charge in [0.05, 0.1) is 6.54 Å². The zero-order chi connectivity index (χ0) is 11.7. The van der Waals surface area contributed by atoms with Crippen LogP contribution in [0, 0.1) is 17.8 Å². The van der Waals surface area contributed by atoms with Crippen molar-refractivity contribution in [2.75, 3.05) is 18.9 Å². The Bertz CT molecular complexity index is 378. The summed E-state index contributed by atoms with van der Waals surface area (Å²) >= 11 is 0. The number of hydrogen-bond donors (Lipinski definition) is 2. The molecule has 3 rings (SSSR count). The SMILES string of the molecule is CNCc1nnc(NCC2CC3CCC2C3)o1. The van der Waals surface area contributed by atoms with Gasteiger partial charge in [0, 0.05) is 6.54 Å². The Morgan fingerprint density at radius 1 is 1.29 bits per heavy atom. The predicted octanol–water partition coefficient (Wildman–Crippen LogP) is 1.64. The van der Waals surface area contributed by atoms with E-state index in [2.05, 4.69) is 20.8 Å². The fourth-order valence-electron chi connectivity index (χ4n) is 3.39. The normalized spacial score (nSPS) is 31.0. The molecule has 0 aliphatic heterocycles. The molecule has 2 saturated carbocycles. The Morgan fingerprint density at radius 2 is 2.24 bits per heavy atom. The van der Waals surface area contributed by atoms with Gasteiger partial charge in [-0.25, -0.2) is 0 Å². The highest BCUT2D eigenvalue weighted by Crippen LogP contribution is 2.48. The molecular weight excluding hydrogens is 216 g/mol. The quantitative estimate of drug-likeness (QED) is 0.813. The van der Waals surface area contributed by atoms with Crippen LogP contribution in [-0.4, -0.2) is 23.8 Å². The molecule has 94 valence electrons. The zero-order valence-electron chi connectivity index (χ0n) is 10.3. The maximum absolute atomic E-state index is 5.47. The lowest BCUT2D eigenvalue weighted by Crippen LogP contribution is -2.20. The molecule has 0 radical (unpaired) electrons. The molecule has 2 fully saturated rings. The Morgan fingerprint density at radius 3 is 2.94 bits per heavy atom. The molecule has 3 atom stereocenters. The number of hydrogen-bond acceptors (Lipinski definition) is 5. The summed E-state index contributed by atoms with van der Waals surface area (Å²) in [5, 5.41) is 14.2. The summed E-state index contributed by atoms with van der Waals surface area (Å²) in [5.41, 5.74) is 0. The molecule has 2 aliphatic carbocycles. The minimum atomic E-state index is 0.568. The summed E-state index contributed by atoms with van der Waals surface area (Å²) in [6.07, 6.45) is 5.70. The van der Waals surface area contributed by atoms with Gasteiger partial charge in [0.2, 0.25) is 5.89 Å². The summed E-state index contributed by atoms with van der Waals surface area (Å²) in [5.74, 6) is 3.39. The first kappa shape index (κ1) is 11.0. The number of rotatable bonds is 5. The van der Waals surface area contributed by atoms with E-state index in [1.165, 1.54) is 25.7 Å². The summed E-state index contributed by atoms with van der Waals surface area (Å²) in [6.45, 7) is 1.62. The van der Waals surface area contributed by atoms with Crippen LogP contribution in [0.25, 0.3) is 0 Å². The Labute approximate surface area is 101 Å². The molecular formula is C12H20N4O. The van der Waals surface area contributed by atoms with Crippen LogP contribution >= 0.6 is 0 Å². The average Bonchev–Trinajstić information content (AvgIpc) is 3.02. The molecule has 2 aliphatic rings. The van der Waals surface area contributed by atoms with E-state index in [4.69, 9.17) is 4.42 Å². The first-order valence-electron chi connectivity index (χ1n) is 6.56. The molecule has 5 nitrogen and oxygen atoms in total. The van der Waals surface area contributed by atoms with Gasteiger partial charge in [0.15, 0.2) is 0 Å². The van der Waals surface area contributed by atoms with Crippen molar-refractivity contribution in [1.29, 1.82) is 0 Å². The van der Waals surface area contributed by atoms with Gasteiger partial charge in [-0.15, -0.1) is 5.10 Å². The second kappa shape index (κ2) is 4.64. The van der Waals surface area contributed by atoms with Crippen molar-refractivity contribution in [3.05, 3.63) is 5.89 Å². The minimum absolute atomic E-state index is 0.568. The monoisotopic (exact) mass is 236 g/mol. The predicted molar refractivity (Wildman–Crippen MR) is 64.5 cm³/mol. The highest BCUT2D eigenvalue weighted by molar-refractivity contribution is 5.17. The van der Waals surface area contributed by atoms with E-state index in [0.29, 0.717) is 18.5 Å². The van der Waals surface area contributed by atoms with Crippen molar-refractivity contribution < 1.29 is 4.42 Å². The fourth-order valence-corrected chi connectivity index (χ4v) is 3.39. The van der Waals surface area contributed by atoms with E-state index in [0.717, 1.165) is 24.3 Å². The topological polar surface area (TPSA) is 63.0 Å². The van der Waals surface area contributed by atoms with E-state index < -0.39 is 0 Å². The van der Waals surface area contributed by atoms with Crippen molar-refractivity contribution >= 4 is 6.01 Å². The first-order valence-corrected chi connectivity index (χ1v) is 6.56. The maximum atomic E-state index is 5.47. The summed E-state index contributed by atoms with van der Waals surface area (Å²) in [6, 6.07) is 0.568. The van der Waals surface area contributed by atoms with Crippen LogP contribution in [0.15, 0.2) is 4.42 Å². The van der Waals surface area contributed by atoms with Crippen molar-refractivity contribution in [2.45, 2.75) is 32.2 Å². The van der Waals surface area contributed by atoms with Crippen molar-refractivity contribution in [2.24, 2.45) is 17.8 Å². The van der Waals surface area contributed by atoms with E-state index >= 15 is 0 Å². The summed E-state index contributed by atoms with van der Waals surface area (Å²) in [4.78, 5) is 0. The van der Waals surface area contributed by atoms with Crippen LogP contribution in [0.1, 0.15) is 31.6 Å². The number of nitrogens with one attached hydrogen (secondary N) is 2. The molecule has 1 aromatic rings. The van der Waals surface area contributed by atoms with Gasteiger partial charge in [-0.05, 0) is 44.1 Å². The molecule has 0 amide bonds. The largest absolute Gasteiger partial charge is 0.407 e. The van der Waals surface area contributed by atoms with Gasteiger partial charge < -0.3 is 15.1 Å². The van der Waals surface area contributed by atoms with Gasteiger partial charge >= 0.3 is 6.01 Å². The molecule has 17 heavy (non-hydrogen) atoms. The van der Waals surface area contributed by atoms with Crippen molar-refractivity contribution in [3.8, 4) is 0 Å². The highest BCUT2D eigenvalue weighted by atomic mass is 16.4. The van der Waals surface area contributed by atoms with Crippen molar-refractivity contribution in [1.82, 2.24) is 15.5 Å². The van der Waals surface area contributed by atoms with Gasteiger partial charge in [-0.1, -0.05) is 11.5 Å². The smallest absolute Gasteiger partial charge is 0.315 e. The summed E-state index contributed by atoms with van der Waals surface area (Å²) < 4.78 is 5.47. The van der Waals surface area contributed by atoms with Crippen LogP contribution in [0.5, 0.6) is 0 Å². The fraction of sp³-hybridized carbons (Fsp3) is 0.833. The second-order valence-electron chi connectivity index (χ2n) is 5.35. The summed E-state index contributed by atoms with van der Waals surface area (Å²) in [7, 11) is 1.87. The molecule has 2 bridgehead atoms.